The molecular formula is C36H23NS. The molecule has 0 unspecified atom stereocenters. The average molecular weight is 502 g/mol. The number of aromatic nitrogens is 1. The molecule has 2 heteroatoms. The monoisotopic (exact) mass is 501 g/mol. The molecule has 38 heavy (non-hydrogen) atoms. The standard InChI is InChI=1S/C36H23NS/c1-2-9-24(10-3-1)25-11-8-12-28(21-25)37-33-15-6-4-13-29(33)31-22-26(17-19-34(31)37)27-18-20-36-32(23-27)30-14-5-7-16-35(30)38-36/h1-23H. The molecule has 1 nitrogen and oxygen atoms in total. The van der Waals surface area contributed by atoms with Crippen LogP contribution in [0.3, 0.4) is 0 Å². The van der Waals surface area contributed by atoms with Crippen LogP contribution < -0.4 is 0 Å². The second kappa shape index (κ2) is 8.44. The maximum Gasteiger partial charge on any atom is 0.0541 e. The van der Waals surface area contributed by atoms with Crippen molar-refractivity contribution >= 4 is 53.3 Å². The van der Waals surface area contributed by atoms with Gasteiger partial charge in [-0.15, -0.1) is 11.3 Å². The average Bonchev–Trinajstić information content (AvgIpc) is 3.53. The first-order valence-corrected chi connectivity index (χ1v) is 13.8. The van der Waals surface area contributed by atoms with Crippen LogP contribution in [0.5, 0.6) is 0 Å². The Hall–Kier alpha value is -4.66. The summed E-state index contributed by atoms with van der Waals surface area (Å²) in [4.78, 5) is 0. The highest BCUT2D eigenvalue weighted by Crippen LogP contribution is 2.39. The van der Waals surface area contributed by atoms with E-state index in [1.165, 1.54) is 69.9 Å². The lowest BCUT2D eigenvalue weighted by atomic mass is 10.0. The van der Waals surface area contributed by atoms with Crippen molar-refractivity contribution in [3.63, 3.8) is 0 Å². The second-order valence-corrected chi connectivity index (χ2v) is 10.9. The van der Waals surface area contributed by atoms with Gasteiger partial charge in [0, 0.05) is 36.6 Å². The highest BCUT2D eigenvalue weighted by Gasteiger charge is 2.14. The molecule has 0 saturated carbocycles. The zero-order chi connectivity index (χ0) is 25.1. The molecule has 178 valence electrons. The third-order valence-corrected chi connectivity index (χ3v) is 8.75. The van der Waals surface area contributed by atoms with Crippen molar-refractivity contribution in [1.82, 2.24) is 4.57 Å². The topological polar surface area (TPSA) is 4.93 Å². The summed E-state index contributed by atoms with van der Waals surface area (Å²) in [5.41, 5.74) is 8.58. The van der Waals surface area contributed by atoms with E-state index >= 15 is 0 Å². The Bertz CT molecular complexity index is 2130. The summed E-state index contributed by atoms with van der Waals surface area (Å²) >= 11 is 1.87. The largest absolute Gasteiger partial charge is 0.309 e. The molecule has 2 heterocycles. The van der Waals surface area contributed by atoms with Crippen molar-refractivity contribution in [2.75, 3.05) is 0 Å². The number of hydrogen-bond acceptors (Lipinski definition) is 1. The Balaban J connectivity index is 1.33. The Morgan fingerprint density at radius 2 is 1.00 bits per heavy atom. The van der Waals surface area contributed by atoms with Crippen LogP contribution in [0.4, 0.5) is 0 Å². The van der Waals surface area contributed by atoms with Crippen LogP contribution in [0.25, 0.3) is 69.9 Å². The van der Waals surface area contributed by atoms with Gasteiger partial charge in [-0.2, -0.15) is 0 Å². The predicted molar refractivity (Wildman–Crippen MR) is 165 cm³/mol. The molecule has 6 aromatic carbocycles. The molecule has 0 aliphatic rings. The first-order chi connectivity index (χ1) is 18.8. The van der Waals surface area contributed by atoms with E-state index in [2.05, 4.69) is 144 Å². The molecule has 0 fully saturated rings. The summed E-state index contributed by atoms with van der Waals surface area (Å²) < 4.78 is 5.08. The van der Waals surface area contributed by atoms with Gasteiger partial charge in [0.2, 0.25) is 0 Å². The fourth-order valence-corrected chi connectivity index (χ4v) is 6.88. The number of nitrogens with zero attached hydrogens (tertiary/aromatic N) is 1. The maximum atomic E-state index is 2.40. The van der Waals surface area contributed by atoms with E-state index in [0.29, 0.717) is 0 Å². The summed E-state index contributed by atoms with van der Waals surface area (Å²) in [7, 11) is 0. The van der Waals surface area contributed by atoms with E-state index in [9.17, 15) is 0 Å². The van der Waals surface area contributed by atoms with Gasteiger partial charge >= 0.3 is 0 Å². The van der Waals surface area contributed by atoms with Gasteiger partial charge in [0.1, 0.15) is 0 Å². The lowest BCUT2D eigenvalue weighted by molar-refractivity contribution is 1.18. The summed E-state index contributed by atoms with van der Waals surface area (Å²) in [5.74, 6) is 0. The highest BCUT2D eigenvalue weighted by atomic mass is 32.1. The molecule has 8 aromatic rings. The summed E-state index contributed by atoms with van der Waals surface area (Å²) in [6, 6.07) is 50.7. The third-order valence-electron chi connectivity index (χ3n) is 7.59. The van der Waals surface area contributed by atoms with Crippen molar-refractivity contribution in [1.29, 1.82) is 0 Å². The summed E-state index contributed by atoms with van der Waals surface area (Å²) in [6.07, 6.45) is 0. The van der Waals surface area contributed by atoms with Gasteiger partial charge in [0.05, 0.1) is 11.0 Å². The zero-order valence-corrected chi connectivity index (χ0v) is 21.5. The van der Waals surface area contributed by atoms with Crippen molar-refractivity contribution in [3.8, 4) is 27.9 Å². The lowest BCUT2D eigenvalue weighted by Gasteiger charge is -2.11. The minimum absolute atomic E-state index is 1.18. The summed E-state index contributed by atoms with van der Waals surface area (Å²) in [5, 5.41) is 5.23. The molecule has 0 radical (unpaired) electrons. The van der Waals surface area contributed by atoms with Crippen LogP contribution in [-0.4, -0.2) is 4.57 Å². The van der Waals surface area contributed by atoms with Crippen LogP contribution in [-0.2, 0) is 0 Å². The molecule has 0 aliphatic carbocycles. The molecule has 8 rings (SSSR count). The van der Waals surface area contributed by atoms with Crippen LogP contribution >= 0.6 is 11.3 Å². The Morgan fingerprint density at radius 3 is 1.89 bits per heavy atom. The van der Waals surface area contributed by atoms with Crippen LogP contribution in [0.2, 0.25) is 0 Å². The molecular weight excluding hydrogens is 478 g/mol. The van der Waals surface area contributed by atoms with Crippen LogP contribution in [0.1, 0.15) is 0 Å². The number of fused-ring (bicyclic) bond motifs is 6. The fourth-order valence-electron chi connectivity index (χ4n) is 5.79. The van der Waals surface area contributed by atoms with Gasteiger partial charge in [-0.3, -0.25) is 0 Å². The van der Waals surface area contributed by atoms with Gasteiger partial charge in [-0.25, -0.2) is 0 Å². The van der Waals surface area contributed by atoms with Crippen molar-refractivity contribution in [2.45, 2.75) is 0 Å². The Kier molecular flexibility index (Phi) is 4.76. The van der Waals surface area contributed by atoms with Crippen LogP contribution in [0.15, 0.2) is 140 Å². The second-order valence-electron chi connectivity index (χ2n) is 9.81. The smallest absolute Gasteiger partial charge is 0.0541 e. The van der Waals surface area contributed by atoms with Crippen LogP contribution in [0, 0.1) is 0 Å². The first-order valence-electron chi connectivity index (χ1n) is 12.9. The quantitative estimate of drug-likeness (QED) is 0.227. The van der Waals surface area contributed by atoms with Gasteiger partial charge in [0.15, 0.2) is 0 Å². The number of benzene rings is 6. The Morgan fingerprint density at radius 1 is 0.368 bits per heavy atom. The Labute approximate surface area is 224 Å². The van der Waals surface area contributed by atoms with E-state index in [0.717, 1.165) is 0 Å². The molecule has 0 N–H and O–H groups in total. The lowest BCUT2D eigenvalue weighted by Crippen LogP contribution is -1.94. The van der Waals surface area contributed by atoms with Gasteiger partial charge in [-0.1, -0.05) is 91.0 Å². The van der Waals surface area contributed by atoms with Crippen molar-refractivity contribution in [3.05, 3.63) is 140 Å². The minimum atomic E-state index is 1.18. The third kappa shape index (κ3) is 3.31. The van der Waals surface area contributed by atoms with E-state index in [1.807, 2.05) is 11.3 Å². The molecule has 0 atom stereocenters. The van der Waals surface area contributed by atoms with Gasteiger partial charge in [0.25, 0.3) is 0 Å². The predicted octanol–water partition coefficient (Wildman–Crippen LogP) is 10.5. The maximum absolute atomic E-state index is 2.40. The molecule has 2 aromatic heterocycles. The van der Waals surface area contributed by atoms with Crippen molar-refractivity contribution < 1.29 is 0 Å². The van der Waals surface area contributed by atoms with Crippen molar-refractivity contribution in [2.24, 2.45) is 0 Å². The fraction of sp³-hybridized carbons (Fsp3) is 0. The summed E-state index contributed by atoms with van der Waals surface area (Å²) in [6.45, 7) is 0. The molecule has 0 saturated heterocycles. The molecule has 0 bridgehead atoms. The molecule has 0 aliphatic heterocycles. The van der Waals surface area contributed by atoms with E-state index in [1.54, 1.807) is 0 Å². The van der Waals surface area contributed by atoms with Gasteiger partial charge in [-0.05, 0) is 70.8 Å². The number of thiophene rings is 1. The number of para-hydroxylation sites is 1. The normalized spacial score (nSPS) is 11.7. The highest BCUT2D eigenvalue weighted by molar-refractivity contribution is 7.25. The molecule has 0 amide bonds. The number of hydrogen-bond donors (Lipinski definition) is 0. The van der Waals surface area contributed by atoms with E-state index in [4.69, 9.17) is 0 Å². The first kappa shape index (κ1) is 21.4. The van der Waals surface area contributed by atoms with E-state index in [-0.39, 0.29) is 0 Å². The molecule has 0 spiro atoms. The zero-order valence-electron chi connectivity index (χ0n) is 20.6. The van der Waals surface area contributed by atoms with E-state index < -0.39 is 0 Å². The minimum Gasteiger partial charge on any atom is -0.309 e. The number of rotatable bonds is 3. The van der Waals surface area contributed by atoms with Gasteiger partial charge < -0.3 is 4.57 Å². The SMILES string of the molecule is c1ccc(-c2cccc(-n3c4ccccc4c4cc(-c5ccc6sc7ccccc7c6c5)ccc43)c2)cc1.